The van der Waals surface area contributed by atoms with Gasteiger partial charge in [-0.1, -0.05) is 42.8 Å². The van der Waals surface area contributed by atoms with Crippen LogP contribution in [0, 0.1) is 11.8 Å². The fourth-order valence-corrected chi connectivity index (χ4v) is 5.08. The van der Waals surface area contributed by atoms with Crippen LogP contribution in [-0.2, 0) is 22.7 Å². The molecule has 7 nitrogen and oxygen atoms in total. The largest absolute Gasteiger partial charge is 0.491 e. The second kappa shape index (κ2) is 10.7. The van der Waals surface area contributed by atoms with Gasteiger partial charge in [0, 0.05) is 13.6 Å². The van der Waals surface area contributed by atoms with E-state index in [1.807, 2.05) is 48.5 Å². The number of carbonyl (C=O) groups is 2. The van der Waals surface area contributed by atoms with Gasteiger partial charge in [0.05, 0.1) is 17.2 Å². The molecule has 0 spiro atoms. The van der Waals surface area contributed by atoms with E-state index in [1.165, 1.54) is 16.2 Å². The zero-order chi connectivity index (χ0) is 23.2. The molecule has 174 valence electrons. The van der Waals surface area contributed by atoms with E-state index in [2.05, 4.69) is 4.98 Å². The van der Waals surface area contributed by atoms with Crippen molar-refractivity contribution in [2.45, 2.75) is 38.8 Å². The number of benzene rings is 2. The summed E-state index contributed by atoms with van der Waals surface area (Å²) < 4.78 is 12.5. The molecule has 4 rings (SSSR count). The summed E-state index contributed by atoms with van der Waals surface area (Å²) in [4.78, 5) is 29.8. The molecule has 0 bridgehead atoms. The van der Waals surface area contributed by atoms with Gasteiger partial charge in [-0.3, -0.25) is 4.79 Å². The minimum Gasteiger partial charge on any atom is -0.491 e. The zero-order valence-corrected chi connectivity index (χ0v) is 19.4. The molecule has 2 aromatic carbocycles. The Kier molecular flexibility index (Phi) is 7.44. The summed E-state index contributed by atoms with van der Waals surface area (Å²) in [5.41, 5.74) is 1.78. The number of amides is 1. The SMILES string of the molecule is CN(Cc1ccccc1)C(=O)OCc1nc2c(OCC3CCC[C@H](C(=O)O)C3)cccc2s1. The Hall–Kier alpha value is -3.13. The first-order valence-electron chi connectivity index (χ1n) is 11.2. The molecule has 1 aromatic heterocycles. The number of carbonyl (C=O) groups excluding carboxylic acids is 1. The first-order chi connectivity index (χ1) is 16.0. The number of hydrogen-bond acceptors (Lipinski definition) is 6. The number of nitrogens with zero attached hydrogens (tertiary/aromatic N) is 2. The predicted molar refractivity (Wildman–Crippen MR) is 126 cm³/mol. The first-order valence-corrected chi connectivity index (χ1v) is 12.0. The quantitative estimate of drug-likeness (QED) is 0.480. The molecular weight excluding hydrogens is 440 g/mol. The molecule has 33 heavy (non-hydrogen) atoms. The average Bonchev–Trinajstić information content (AvgIpc) is 3.25. The van der Waals surface area contributed by atoms with Crippen molar-refractivity contribution in [2.24, 2.45) is 11.8 Å². The van der Waals surface area contributed by atoms with Crippen molar-refractivity contribution in [1.82, 2.24) is 9.88 Å². The van der Waals surface area contributed by atoms with E-state index in [0.717, 1.165) is 35.0 Å². The van der Waals surface area contributed by atoms with Crippen LogP contribution in [-0.4, -0.2) is 40.7 Å². The molecule has 0 aliphatic heterocycles. The molecule has 1 unspecified atom stereocenters. The van der Waals surface area contributed by atoms with E-state index in [1.54, 1.807) is 7.05 Å². The minimum atomic E-state index is -0.713. The lowest BCUT2D eigenvalue weighted by Crippen LogP contribution is -2.26. The van der Waals surface area contributed by atoms with Crippen LogP contribution in [0.1, 0.15) is 36.3 Å². The molecule has 2 atom stereocenters. The smallest absolute Gasteiger partial charge is 0.410 e. The number of aromatic nitrogens is 1. The van der Waals surface area contributed by atoms with Crippen molar-refractivity contribution in [3.8, 4) is 5.75 Å². The van der Waals surface area contributed by atoms with Gasteiger partial charge in [0.25, 0.3) is 0 Å². The predicted octanol–water partition coefficient (Wildman–Crippen LogP) is 5.33. The summed E-state index contributed by atoms with van der Waals surface area (Å²) in [7, 11) is 1.71. The van der Waals surface area contributed by atoms with Crippen LogP contribution in [0.25, 0.3) is 10.2 Å². The van der Waals surface area contributed by atoms with Gasteiger partial charge in [0.2, 0.25) is 0 Å². The maximum atomic E-state index is 12.4. The van der Waals surface area contributed by atoms with Crippen molar-refractivity contribution in [3.05, 3.63) is 59.1 Å². The Labute approximate surface area is 197 Å². The van der Waals surface area contributed by atoms with Gasteiger partial charge in [0.15, 0.2) is 0 Å². The molecular formula is C25H28N2O5S. The lowest BCUT2D eigenvalue weighted by Gasteiger charge is -2.26. The van der Waals surface area contributed by atoms with E-state index in [-0.39, 0.29) is 18.4 Å². The summed E-state index contributed by atoms with van der Waals surface area (Å²) in [6.07, 6.45) is 2.89. The van der Waals surface area contributed by atoms with Gasteiger partial charge in [0.1, 0.15) is 22.9 Å². The van der Waals surface area contributed by atoms with Crippen LogP contribution in [0.4, 0.5) is 4.79 Å². The molecule has 1 saturated carbocycles. The van der Waals surface area contributed by atoms with Crippen molar-refractivity contribution in [2.75, 3.05) is 13.7 Å². The topological polar surface area (TPSA) is 89.0 Å². The third kappa shape index (κ3) is 6.01. The average molecular weight is 469 g/mol. The Morgan fingerprint density at radius 2 is 1.97 bits per heavy atom. The van der Waals surface area contributed by atoms with Crippen LogP contribution in [0.2, 0.25) is 0 Å². The Morgan fingerprint density at radius 1 is 1.15 bits per heavy atom. The molecule has 0 saturated heterocycles. The molecule has 1 aliphatic rings. The van der Waals surface area contributed by atoms with E-state index in [0.29, 0.717) is 30.3 Å². The number of fused-ring (bicyclic) bond motifs is 1. The van der Waals surface area contributed by atoms with Crippen LogP contribution >= 0.6 is 11.3 Å². The molecule has 1 fully saturated rings. The van der Waals surface area contributed by atoms with Gasteiger partial charge in [-0.2, -0.15) is 0 Å². The van der Waals surface area contributed by atoms with Crippen LogP contribution in [0.15, 0.2) is 48.5 Å². The molecule has 0 radical (unpaired) electrons. The molecule has 1 N–H and O–H groups in total. The standard InChI is InChI=1S/C25H28N2O5S/c1-27(14-17-7-3-2-4-8-17)25(30)32-16-22-26-23-20(11-6-12-21(23)33-22)31-15-18-9-5-10-19(13-18)24(28)29/h2-4,6-8,11-12,18-19H,5,9-10,13-16H2,1H3,(H,28,29)/t18?,19-/m0/s1. The van der Waals surface area contributed by atoms with E-state index in [9.17, 15) is 14.7 Å². The molecule has 1 heterocycles. The summed E-state index contributed by atoms with van der Waals surface area (Å²) in [6.45, 7) is 1.05. The minimum absolute atomic E-state index is 0.0969. The van der Waals surface area contributed by atoms with Crippen molar-refractivity contribution in [3.63, 3.8) is 0 Å². The van der Waals surface area contributed by atoms with Gasteiger partial charge in [-0.05, 0) is 42.9 Å². The second-order valence-corrected chi connectivity index (χ2v) is 9.60. The monoisotopic (exact) mass is 468 g/mol. The number of aliphatic carboxylic acids is 1. The summed E-state index contributed by atoms with van der Waals surface area (Å²) >= 11 is 1.47. The lowest BCUT2D eigenvalue weighted by atomic mass is 9.82. The van der Waals surface area contributed by atoms with Crippen LogP contribution in [0.3, 0.4) is 0 Å². The number of carboxylic acid groups (broad SMARTS) is 1. The number of carboxylic acids is 1. The van der Waals surface area contributed by atoms with Crippen LogP contribution < -0.4 is 4.74 Å². The summed E-state index contributed by atoms with van der Waals surface area (Å²) in [5.74, 6) is -0.0760. The van der Waals surface area contributed by atoms with E-state index in [4.69, 9.17) is 9.47 Å². The molecule has 8 heteroatoms. The highest BCUT2D eigenvalue weighted by Gasteiger charge is 2.27. The maximum absolute atomic E-state index is 12.4. The maximum Gasteiger partial charge on any atom is 0.410 e. The number of thiazole rings is 1. The second-order valence-electron chi connectivity index (χ2n) is 8.49. The van der Waals surface area contributed by atoms with E-state index < -0.39 is 12.1 Å². The first kappa shape index (κ1) is 23.0. The number of ether oxygens (including phenoxy) is 2. The van der Waals surface area contributed by atoms with Crippen molar-refractivity contribution >= 4 is 33.6 Å². The Morgan fingerprint density at radius 3 is 2.76 bits per heavy atom. The van der Waals surface area contributed by atoms with Gasteiger partial charge in [-0.25, -0.2) is 9.78 Å². The number of para-hydroxylation sites is 1. The zero-order valence-electron chi connectivity index (χ0n) is 18.6. The Balaban J connectivity index is 1.34. The van der Waals surface area contributed by atoms with Crippen molar-refractivity contribution in [1.29, 1.82) is 0 Å². The highest BCUT2D eigenvalue weighted by atomic mass is 32.1. The Bertz CT molecular complexity index is 1100. The number of hydrogen-bond donors (Lipinski definition) is 1. The van der Waals surface area contributed by atoms with Gasteiger partial charge >= 0.3 is 12.1 Å². The fraction of sp³-hybridized carbons (Fsp3) is 0.400. The van der Waals surface area contributed by atoms with Crippen molar-refractivity contribution < 1.29 is 24.2 Å². The van der Waals surface area contributed by atoms with Crippen LogP contribution in [0.5, 0.6) is 5.75 Å². The fourth-order valence-electron chi connectivity index (χ4n) is 4.18. The highest BCUT2D eigenvalue weighted by Crippen LogP contribution is 2.33. The molecule has 1 aliphatic carbocycles. The van der Waals surface area contributed by atoms with Gasteiger partial charge in [-0.15, -0.1) is 11.3 Å². The molecule has 3 aromatic rings. The summed E-state index contributed by atoms with van der Waals surface area (Å²) in [5, 5.41) is 9.99. The summed E-state index contributed by atoms with van der Waals surface area (Å²) in [6, 6.07) is 15.5. The molecule has 1 amide bonds. The lowest BCUT2D eigenvalue weighted by molar-refractivity contribution is -0.143. The number of rotatable bonds is 8. The normalized spacial score (nSPS) is 18.1. The van der Waals surface area contributed by atoms with E-state index >= 15 is 0 Å². The van der Waals surface area contributed by atoms with Gasteiger partial charge < -0.3 is 19.5 Å². The third-order valence-electron chi connectivity index (χ3n) is 5.93. The highest BCUT2D eigenvalue weighted by molar-refractivity contribution is 7.18. The third-order valence-corrected chi connectivity index (χ3v) is 6.92.